The molecule has 0 bridgehead atoms. The number of ether oxygens (including phenoxy) is 3. The monoisotopic (exact) mass is 558 g/mol. The minimum Gasteiger partial charge on any atom is -0.469 e. The third kappa shape index (κ3) is 11.5. The van der Waals surface area contributed by atoms with Gasteiger partial charge in [-0.25, -0.2) is 28.1 Å². The maximum Gasteiger partial charge on any atom is 0.336 e. The van der Waals surface area contributed by atoms with Gasteiger partial charge in [-0.3, -0.25) is 14.4 Å². The van der Waals surface area contributed by atoms with Crippen molar-refractivity contribution in [2.45, 2.75) is 38.9 Å². The van der Waals surface area contributed by atoms with E-state index in [4.69, 9.17) is 0 Å². The molecule has 0 aliphatic rings. The zero-order valence-electron chi connectivity index (χ0n) is 23.8. The van der Waals surface area contributed by atoms with Crippen LogP contribution in [0.3, 0.4) is 0 Å². The van der Waals surface area contributed by atoms with Gasteiger partial charge in [0.25, 0.3) is 0 Å². The normalized spacial score (nSPS) is 11.3. The van der Waals surface area contributed by atoms with Crippen LogP contribution in [0, 0.1) is 0 Å². The topological polar surface area (TPSA) is 155 Å². The van der Waals surface area contributed by atoms with Gasteiger partial charge in [-0.1, -0.05) is 0 Å². The molecule has 15 heteroatoms. The second-order valence-corrected chi connectivity index (χ2v) is 9.19. The molecule has 0 aromatic carbocycles. The van der Waals surface area contributed by atoms with Crippen molar-refractivity contribution in [1.29, 1.82) is 0 Å². The van der Waals surface area contributed by atoms with E-state index >= 15 is 0 Å². The summed E-state index contributed by atoms with van der Waals surface area (Å²) in [6.07, 6.45) is 0.463. The molecule has 222 valence electrons. The summed E-state index contributed by atoms with van der Waals surface area (Å²) in [4.78, 5) is 79.3. The average molecular weight is 559 g/mol. The molecule has 0 amide bonds. The van der Waals surface area contributed by atoms with Crippen molar-refractivity contribution in [2.24, 2.45) is 0 Å². The van der Waals surface area contributed by atoms with Crippen molar-refractivity contribution in [3.05, 3.63) is 31.5 Å². The lowest BCUT2D eigenvalue weighted by Gasteiger charge is -2.21. The lowest BCUT2D eigenvalue weighted by Crippen LogP contribution is -2.56. The van der Waals surface area contributed by atoms with Gasteiger partial charge < -0.3 is 28.9 Å². The number of methoxy groups -OCH3 is 3. The van der Waals surface area contributed by atoms with Crippen LogP contribution in [-0.2, 0) is 48.2 Å². The number of hydrogen-bond donors (Lipinski definition) is 0. The third-order valence-electron chi connectivity index (χ3n) is 6.28. The van der Waals surface area contributed by atoms with Crippen molar-refractivity contribution in [3.63, 3.8) is 0 Å². The minimum atomic E-state index is -0.733. The molecule has 0 fully saturated rings. The molecular formula is C24H42N6O9. The minimum absolute atomic E-state index is 0.00593. The Bertz CT molecular complexity index is 958. The highest BCUT2D eigenvalue weighted by atomic mass is 16.5. The Kier molecular flexibility index (Phi) is 15.0. The predicted octanol–water partition coefficient (Wildman–Crippen LogP) is -2.34. The number of esters is 3. The Morgan fingerprint density at radius 3 is 0.949 bits per heavy atom. The van der Waals surface area contributed by atoms with Gasteiger partial charge in [-0.05, 0) is 21.1 Å². The van der Waals surface area contributed by atoms with Gasteiger partial charge in [0.05, 0.1) is 40.6 Å². The van der Waals surface area contributed by atoms with Gasteiger partial charge in [-0.15, -0.1) is 0 Å². The fourth-order valence-corrected chi connectivity index (χ4v) is 3.56. The first-order valence-corrected chi connectivity index (χ1v) is 12.7. The first-order valence-electron chi connectivity index (χ1n) is 12.7. The van der Waals surface area contributed by atoms with Gasteiger partial charge in [0.15, 0.2) is 0 Å². The summed E-state index contributed by atoms with van der Waals surface area (Å²) in [5.74, 6) is -1.12. The molecule has 0 N–H and O–H groups in total. The zero-order valence-corrected chi connectivity index (χ0v) is 23.8. The molecule has 1 rings (SSSR count). The lowest BCUT2D eigenvalue weighted by molar-refractivity contribution is -0.141. The number of carbonyl (C=O) groups is 3. The molecule has 39 heavy (non-hydrogen) atoms. The third-order valence-corrected chi connectivity index (χ3v) is 6.28. The molecule has 0 saturated carbocycles. The summed E-state index contributed by atoms with van der Waals surface area (Å²) >= 11 is 0. The molecule has 0 spiro atoms. The lowest BCUT2D eigenvalue weighted by atomic mass is 10.4. The van der Waals surface area contributed by atoms with Crippen LogP contribution in [0.4, 0.5) is 0 Å². The van der Waals surface area contributed by atoms with Gasteiger partial charge in [0.2, 0.25) is 0 Å². The molecule has 1 heterocycles. The fourth-order valence-electron chi connectivity index (χ4n) is 3.56. The van der Waals surface area contributed by atoms with Gasteiger partial charge >= 0.3 is 35.0 Å². The summed E-state index contributed by atoms with van der Waals surface area (Å²) in [6.45, 7) is 1.96. The molecule has 1 aromatic rings. The van der Waals surface area contributed by atoms with E-state index in [-0.39, 0.29) is 76.4 Å². The van der Waals surface area contributed by atoms with E-state index in [0.717, 1.165) is 13.7 Å². The van der Waals surface area contributed by atoms with Crippen molar-refractivity contribution >= 4 is 17.9 Å². The Morgan fingerprint density at radius 2 is 0.744 bits per heavy atom. The van der Waals surface area contributed by atoms with E-state index < -0.39 is 17.1 Å². The molecule has 15 nitrogen and oxygen atoms in total. The van der Waals surface area contributed by atoms with Crippen molar-refractivity contribution in [1.82, 2.24) is 28.4 Å². The second kappa shape index (κ2) is 17.3. The first-order chi connectivity index (χ1) is 18.4. The van der Waals surface area contributed by atoms with Gasteiger partial charge in [-0.2, -0.15) is 0 Å². The Hall–Kier alpha value is -3.30. The highest BCUT2D eigenvalue weighted by Gasteiger charge is 2.17. The Morgan fingerprint density at radius 1 is 0.513 bits per heavy atom. The number of rotatable bonds is 18. The molecule has 0 unspecified atom stereocenters. The summed E-state index contributed by atoms with van der Waals surface area (Å²) in [7, 11) is 9.13. The number of likely N-dealkylation sites (N-methyl/N-ethyl adjacent to an activating group) is 3. The molecule has 0 aliphatic heterocycles. The van der Waals surface area contributed by atoms with Crippen LogP contribution in [0.5, 0.6) is 0 Å². The quantitative estimate of drug-likeness (QED) is 0.140. The van der Waals surface area contributed by atoms with E-state index in [1.807, 2.05) is 0 Å². The summed E-state index contributed by atoms with van der Waals surface area (Å²) in [6, 6.07) is 0. The largest absolute Gasteiger partial charge is 0.469 e. The van der Waals surface area contributed by atoms with Gasteiger partial charge in [0.1, 0.15) is 0 Å². The molecule has 1 aromatic heterocycles. The van der Waals surface area contributed by atoms with Gasteiger partial charge in [0, 0.05) is 58.9 Å². The van der Waals surface area contributed by atoms with Crippen LogP contribution in [0.15, 0.2) is 14.4 Å². The zero-order chi connectivity index (χ0) is 29.5. The van der Waals surface area contributed by atoms with Crippen molar-refractivity contribution in [2.75, 3.05) is 81.7 Å². The molecule has 0 atom stereocenters. The van der Waals surface area contributed by atoms with Crippen LogP contribution in [-0.4, -0.2) is 128 Å². The standard InChI is InChI=1S/C24H42N6O9/c1-25(10-7-19(31)37-4)13-16-28-22(34)29(17-14-26(2)11-8-20(32)38-5)24(36)30(23(28)35)18-15-27(3)12-9-21(33)39-6/h7-18H2,1-6H3. The number of aromatic nitrogens is 3. The Labute approximate surface area is 227 Å². The summed E-state index contributed by atoms with van der Waals surface area (Å²) in [5, 5.41) is 0. The first kappa shape index (κ1) is 33.7. The molecule has 0 saturated heterocycles. The van der Waals surface area contributed by atoms with Crippen LogP contribution in [0.1, 0.15) is 19.3 Å². The van der Waals surface area contributed by atoms with E-state index in [2.05, 4.69) is 14.2 Å². The van der Waals surface area contributed by atoms with E-state index in [9.17, 15) is 28.8 Å². The number of nitrogens with zero attached hydrogens (tertiary/aromatic N) is 6. The maximum atomic E-state index is 13.2. The SMILES string of the molecule is COC(=O)CCN(C)CCn1c(=O)n(CCN(C)CCC(=O)OC)c(=O)n(CCN(C)CCC(=O)OC)c1=O. The summed E-state index contributed by atoms with van der Waals surface area (Å²) < 4.78 is 17.0. The van der Waals surface area contributed by atoms with E-state index in [1.165, 1.54) is 21.3 Å². The molecular weight excluding hydrogens is 516 g/mol. The van der Waals surface area contributed by atoms with E-state index in [1.54, 1.807) is 35.8 Å². The van der Waals surface area contributed by atoms with Crippen LogP contribution in [0.2, 0.25) is 0 Å². The highest BCUT2D eigenvalue weighted by Crippen LogP contribution is 1.94. The average Bonchev–Trinajstić information content (AvgIpc) is 2.92. The predicted molar refractivity (Wildman–Crippen MR) is 142 cm³/mol. The van der Waals surface area contributed by atoms with E-state index in [0.29, 0.717) is 19.6 Å². The number of carbonyl (C=O) groups excluding carboxylic acids is 3. The van der Waals surface area contributed by atoms with Crippen LogP contribution in [0.25, 0.3) is 0 Å². The highest BCUT2D eigenvalue weighted by molar-refractivity contribution is 5.69. The van der Waals surface area contributed by atoms with Crippen molar-refractivity contribution < 1.29 is 28.6 Å². The van der Waals surface area contributed by atoms with Crippen molar-refractivity contribution in [3.8, 4) is 0 Å². The maximum absolute atomic E-state index is 13.2. The fraction of sp³-hybridized carbons (Fsp3) is 0.750. The van der Waals surface area contributed by atoms with Crippen LogP contribution < -0.4 is 17.1 Å². The molecule has 0 aliphatic carbocycles. The number of hydrogen-bond acceptors (Lipinski definition) is 12. The molecule has 0 radical (unpaired) electrons. The summed E-state index contributed by atoms with van der Waals surface area (Å²) in [5.41, 5.74) is -2.20. The Balaban J connectivity index is 3.16. The smallest absolute Gasteiger partial charge is 0.336 e. The van der Waals surface area contributed by atoms with Crippen LogP contribution >= 0.6 is 0 Å². The second-order valence-electron chi connectivity index (χ2n) is 9.19.